The number of carboxylic acids is 1. The van der Waals surface area contributed by atoms with Crippen molar-refractivity contribution in [3.63, 3.8) is 0 Å². The van der Waals surface area contributed by atoms with Crippen LogP contribution in [0.25, 0.3) is 0 Å². The molecule has 0 aliphatic heterocycles. The normalized spacial score (nSPS) is 10.8. The van der Waals surface area contributed by atoms with Gasteiger partial charge in [-0.3, -0.25) is 14.8 Å². The number of amidine groups is 1. The van der Waals surface area contributed by atoms with Crippen LogP contribution in [0.1, 0.15) is 5.69 Å². The van der Waals surface area contributed by atoms with Crippen molar-refractivity contribution in [2.45, 2.75) is 0 Å². The standard InChI is InChI=1S/C11H11N3O3/c1-7(11(16)17)10(15)14-9(12-2)8-5-3-4-6-13-8/h3-6H,1H2,2H3,(H,16,17)(H,12,14,15). The predicted octanol–water partition coefficient (Wildman–Crippen LogP) is 0.215. The van der Waals surface area contributed by atoms with Crippen molar-refractivity contribution < 1.29 is 14.7 Å². The van der Waals surface area contributed by atoms with Gasteiger partial charge in [-0.25, -0.2) is 4.79 Å². The Bertz CT molecular complexity index is 480. The molecule has 1 aromatic heterocycles. The third kappa shape index (κ3) is 3.23. The molecule has 0 spiro atoms. The molecule has 1 aromatic rings. The lowest BCUT2D eigenvalue weighted by Gasteiger charge is -2.06. The zero-order valence-corrected chi connectivity index (χ0v) is 9.17. The van der Waals surface area contributed by atoms with E-state index in [0.29, 0.717) is 5.69 Å². The number of carbonyl (C=O) groups excluding carboxylic acids is 1. The molecule has 0 radical (unpaired) electrons. The van der Waals surface area contributed by atoms with Crippen LogP contribution in [0.2, 0.25) is 0 Å². The smallest absolute Gasteiger partial charge is 0.340 e. The fourth-order valence-corrected chi connectivity index (χ4v) is 1.02. The molecule has 0 unspecified atom stereocenters. The van der Waals surface area contributed by atoms with Gasteiger partial charge in [0.15, 0.2) is 5.84 Å². The summed E-state index contributed by atoms with van der Waals surface area (Å²) in [5.74, 6) is -2.00. The molecule has 0 saturated carbocycles. The molecular formula is C11H11N3O3. The van der Waals surface area contributed by atoms with Gasteiger partial charge in [0, 0.05) is 13.2 Å². The van der Waals surface area contributed by atoms with Gasteiger partial charge in [0.25, 0.3) is 5.91 Å². The van der Waals surface area contributed by atoms with Crippen molar-refractivity contribution >= 4 is 17.7 Å². The first-order valence-electron chi connectivity index (χ1n) is 4.68. The Labute approximate surface area is 97.7 Å². The van der Waals surface area contributed by atoms with Crippen LogP contribution in [0.15, 0.2) is 41.5 Å². The lowest BCUT2D eigenvalue weighted by molar-refractivity contribution is -0.134. The Morgan fingerprint density at radius 1 is 1.47 bits per heavy atom. The number of rotatable bonds is 3. The first kappa shape index (κ1) is 12.6. The van der Waals surface area contributed by atoms with Crippen LogP contribution < -0.4 is 5.32 Å². The number of aliphatic imine (C=N–C) groups is 1. The van der Waals surface area contributed by atoms with E-state index in [4.69, 9.17) is 5.11 Å². The molecule has 0 fully saturated rings. The number of hydrogen-bond donors (Lipinski definition) is 2. The summed E-state index contributed by atoms with van der Waals surface area (Å²) >= 11 is 0. The van der Waals surface area contributed by atoms with E-state index in [2.05, 4.69) is 21.9 Å². The van der Waals surface area contributed by atoms with Gasteiger partial charge < -0.3 is 10.4 Å². The Balaban J connectivity index is 2.84. The molecule has 1 heterocycles. The van der Waals surface area contributed by atoms with Crippen molar-refractivity contribution in [3.05, 3.63) is 42.2 Å². The molecule has 0 aliphatic rings. The number of pyridine rings is 1. The van der Waals surface area contributed by atoms with Crippen LogP contribution in [0.3, 0.4) is 0 Å². The first-order valence-corrected chi connectivity index (χ1v) is 4.68. The van der Waals surface area contributed by atoms with E-state index >= 15 is 0 Å². The van der Waals surface area contributed by atoms with E-state index in [-0.39, 0.29) is 5.84 Å². The van der Waals surface area contributed by atoms with Crippen molar-refractivity contribution in [1.82, 2.24) is 10.3 Å². The summed E-state index contributed by atoms with van der Waals surface area (Å²) < 4.78 is 0. The minimum absolute atomic E-state index is 0.193. The lowest BCUT2D eigenvalue weighted by Crippen LogP contribution is -2.34. The number of carbonyl (C=O) groups is 2. The van der Waals surface area contributed by atoms with E-state index in [0.717, 1.165) is 0 Å². The van der Waals surface area contributed by atoms with Crippen LogP contribution in [0, 0.1) is 0 Å². The molecule has 0 saturated heterocycles. The number of nitrogens with zero attached hydrogens (tertiary/aromatic N) is 2. The highest BCUT2D eigenvalue weighted by atomic mass is 16.4. The van der Waals surface area contributed by atoms with Crippen LogP contribution in [-0.2, 0) is 9.59 Å². The van der Waals surface area contributed by atoms with Crippen molar-refractivity contribution in [2.75, 3.05) is 7.05 Å². The average Bonchev–Trinajstić information content (AvgIpc) is 2.35. The lowest BCUT2D eigenvalue weighted by atomic mass is 10.2. The number of hydrogen-bond acceptors (Lipinski definition) is 4. The second kappa shape index (κ2) is 5.55. The van der Waals surface area contributed by atoms with E-state index in [9.17, 15) is 9.59 Å². The zero-order chi connectivity index (χ0) is 12.8. The third-order valence-corrected chi connectivity index (χ3v) is 1.90. The summed E-state index contributed by atoms with van der Waals surface area (Å²) in [6.07, 6.45) is 1.54. The van der Waals surface area contributed by atoms with E-state index in [1.165, 1.54) is 7.05 Å². The van der Waals surface area contributed by atoms with Crippen molar-refractivity contribution in [2.24, 2.45) is 4.99 Å². The zero-order valence-electron chi connectivity index (χ0n) is 9.17. The summed E-state index contributed by atoms with van der Waals surface area (Å²) in [5.41, 5.74) is -0.108. The molecule has 6 heteroatoms. The summed E-state index contributed by atoms with van der Waals surface area (Å²) in [6, 6.07) is 5.09. The fourth-order valence-electron chi connectivity index (χ4n) is 1.02. The molecular weight excluding hydrogens is 222 g/mol. The number of aromatic nitrogens is 1. The largest absolute Gasteiger partial charge is 0.478 e. The first-order chi connectivity index (χ1) is 8.06. The Morgan fingerprint density at radius 3 is 2.65 bits per heavy atom. The SMILES string of the molecule is C=C(C(=O)O)C(=O)NC(=NC)c1ccccn1. The fraction of sp³-hybridized carbons (Fsp3) is 0.0909. The second-order valence-corrected chi connectivity index (χ2v) is 3.03. The number of nitrogens with one attached hydrogen (secondary N) is 1. The minimum atomic E-state index is -1.38. The monoisotopic (exact) mass is 233 g/mol. The van der Waals surface area contributed by atoms with Crippen LogP contribution >= 0.6 is 0 Å². The maximum Gasteiger partial charge on any atom is 0.340 e. The molecule has 2 N–H and O–H groups in total. The predicted molar refractivity (Wildman–Crippen MR) is 61.6 cm³/mol. The Morgan fingerprint density at radius 2 is 2.18 bits per heavy atom. The molecule has 0 aromatic carbocycles. The second-order valence-electron chi connectivity index (χ2n) is 3.03. The Kier molecular flexibility index (Phi) is 4.10. The molecule has 0 aliphatic carbocycles. The number of amides is 1. The van der Waals surface area contributed by atoms with Gasteiger partial charge in [-0.15, -0.1) is 0 Å². The summed E-state index contributed by atoms with van der Waals surface area (Å²) in [6.45, 7) is 3.15. The Hall–Kier alpha value is -2.50. The van der Waals surface area contributed by atoms with Gasteiger partial charge >= 0.3 is 5.97 Å². The third-order valence-electron chi connectivity index (χ3n) is 1.90. The highest BCUT2D eigenvalue weighted by Gasteiger charge is 2.16. The molecule has 0 atom stereocenters. The molecule has 17 heavy (non-hydrogen) atoms. The summed E-state index contributed by atoms with van der Waals surface area (Å²) in [7, 11) is 1.47. The highest BCUT2D eigenvalue weighted by molar-refractivity contribution is 6.21. The molecule has 1 rings (SSSR count). The van der Waals surface area contributed by atoms with E-state index in [1.54, 1.807) is 24.4 Å². The van der Waals surface area contributed by atoms with E-state index < -0.39 is 17.4 Å². The number of carboxylic acid groups (broad SMARTS) is 1. The topological polar surface area (TPSA) is 91.6 Å². The van der Waals surface area contributed by atoms with Crippen LogP contribution in [0.5, 0.6) is 0 Å². The summed E-state index contributed by atoms with van der Waals surface area (Å²) in [4.78, 5) is 29.8. The molecule has 0 bridgehead atoms. The van der Waals surface area contributed by atoms with Gasteiger partial charge in [-0.1, -0.05) is 12.6 Å². The average molecular weight is 233 g/mol. The van der Waals surface area contributed by atoms with Crippen LogP contribution in [-0.4, -0.2) is 34.9 Å². The van der Waals surface area contributed by atoms with Gasteiger partial charge in [0.2, 0.25) is 0 Å². The van der Waals surface area contributed by atoms with Crippen molar-refractivity contribution in [3.8, 4) is 0 Å². The maximum atomic E-state index is 11.4. The van der Waals surface area contributed by atoms with Gasteiger partial charge in [0.1, 0.15) is 11.3 Å². The minimum Gasteiger partial charge on any atom is -0.478 e. The van der Waals surface area contributed by atoms with Gasteiger partial charge in [0.05, 0.1) is 0 Å². The summed E-state index contributed by atoms with van der Waals surface area (Å²) in [5, 5.41) is 10.9. The molecule has 88 valence electrons. The quantitative estimate of drug-likeness (QED) is 0.257. The maximum absolute atomic E-state index is 11.4. The van der Waals surface area contributed by atoms with Crippen molar-refractivity contribution in [1.29, 1.82) is 0 Å². The van der Waals surface area contributed by atoms with Gasteiger partial charge in [-0.2, -0.15) is 0 Å². The number of aliphatic carboxylic acids is 1. The molecule has 6 nitrogen and oxygen atoms in total. The van der Waals surface area contributed by atoms with Crippen LogP contribution in [0.4, 0.5) is 0 Å². The highest BCUT2D eigenvalue weighted by Crippen LogP contribution is 1.97. The molecule has 1 amide bonds. The van der Waals surface area contributed by atoms with Gasteiger partial charge in [-0.05, 0) is 12.1 Å². The van der Waals surface area contributed by atoms with E-state index in [1.807, 2.05) is 0 Å².